The monoisotopic (exact) mass is 256 g/mol. The fourth-order valence-corrected chi connectivity index (χ4v) is 2.11. The van der Waals surface area contributed by atoms with Gasteiger partial charge in [-0.15, -0.1) is 0 Å². The number of rotatable bonds is 8. The van der Waals surface area contributed by atoms with E-state index < -0.39 is 11.9 Å². The molecule has 0 bridgehead atoms. The molecular formula is C12H20N2O4. The molecule has 102 valence electrons. The van der Waals surface area contributed by atoms with Crippen molar-refractivity contribution in [3.63, 3.8) is 0 Å². The molecule has 18 heavy (non-hydrogen) atoms. The van der Waals surface area contributed by atoms with Gasteiger partial charge in [0.1, 0.15) is 0 Å². The third kappa shape index (κ3) is 4.73. The van der Waals surface area contributed by atoms with E-state index in [0.717, 1.165) is 19.3 Å². The van der Waals surface area contributed by atoms with Crippen LogP contribution in [0.15, 0.2) is 0 Å². The molecule has 0 aromatic carbocycles. The van der Waals surface area contributed by atoms with Crippen LogP contribution in [0.2, 0.25) is 0 Å². The minimum Gasteiger partial charge on any atom is -0.481 e. The van der Waals surface area contributed by atoms with Crippen LogP contribution in [0.1, 0.15) is 38.5 Å². The molecule has 1 rings (SSSR count). The Balaban J connectivity index is 2.11. The number of primary amides is 1. The largest absolute Gasteiger partial charge is 0.481 e. The first kappa shape index (κ1) is 14.5. The second-order valence-corrected chi connectivity index (χ2v) is 4.70. The van der Waals surface area contributed by atoms with E-state index >= 15 is 0 Å². The molecule has 3 N–H and O–H groups in total. The number of nitrogens with zero attached hydrogens (tertiary/aromatic N) is 1. The first-order valence-corrected chi connectivity index (χ1v) is 6.29. The highest BCUT2D eigenvalue weighted by Gasteiger charge is 2.32. The predicted octanol–water partition coefficient (Wildman–Crippen LogP) is 0.355. The van der Waals surface area contributed by atoms with Crippen LogP contribution in [0, 0.1) is 5.92 Å². The highest BCUT2D eigenvalue weighted by molar-refractivity contribution is 5.88. The summed E-state index contributed by atoms with van der Waals surface area (Å²) in [5.41, 5.74) is 5.17. The second-order valence-electron chi connectivity index (χ2n) is 4.70. The topological polar surface area (TPSA) is 101 Å². The molecule has 1 unspecified atom stereocenters. The van der Waals surface area contributed by atoms with Crippen LogP contribution in [0.25, 0.3) is 0 Å². The Bertz CT molecular complexity index is 330. The molecule has 0 saturated carbocycles. The van der Waals surface area contributed by atoms with Gasteiger partial charge < -0.3 is 15.7 Å². The van der Waals surface area contributed by atoms with Gasteiger partial charge in [0, 0.05) is 25.9 Å². The molecule has 0 spiro atoms. The van der Waals surface area contributed by atoms with Gasteiger partial charge in [0.15, 0.2) is 0 Å². The molecule has 1 heterocycles. The lowest BCUT2D eigenvalue weighted by molar-refractivity contribution is -0.137. The molecule has 0 radical (unpaired) electrons. The number of hydrogen-bond donors (Lipinski definition) is 2. The first-order valence-electron chi connectivity index (χ1n) is 6.29. The number of likely N-dealkylation sites (tertiary alicyclic amines) is 1. The Hall–Kier alpha value is -1.59. The van der Waals surface area contributed by atoms with Crippen molar-refractivity contribution in [2.24, 2.45) is 11.7 Å². The summed E-state index contributed by atoms with van der Waals surface area (Å²) >= 11 is 0. The van der Waals surface area contributed by atoms with E-state index in [0.29, 0.717) is 19.5 Å². The molecule has 0 aromatic rings. The van der Waals surface area contributed by atoms with Gasteiger partial charge in [0.25, 0.3) is 0 Å². The Labute approximate surface area is 106 Å². The molecule has 1 fully saturated rings. The average Bonchev–Trinajstić information content (AvgIpc) is 2.65. The van der Waals surface area contributed by atoms with E-state index in [9.17, 15) is 14.4 Å². The number of carbonyl (C=O) groups is 3. The molecule has 0 aliphatic carbocycles. The normalized spacial score (nSPS) is 19.2. The Morgan fingerprint density at radius 3 is 2.50 bits per heavy atom. The molecule has 1 aliphatic heterocycles. The lowest BCUT2D eigenvalue weighted by Gasteiger charge is -2.15. The molecule has 6 nitrogen and oxygen atoms in total. The number of unbranched alkanes of at least 4 members (excludes halogenated alkanes) is 3. The van der Waals surface area contributed by atoms with Crippen LogP contribution in [0.3, 0.4) is 0 Å². The highest BCUT2D eigenvalue weighted by atomic mass is 16.4. The summed E-state index contributed by atoms with van der Waals surface area (Å²) < 4.78 is 0. The molecule has 1 saturated heterocycles. The standard InChI is InChI=1S/C12H20N2O4/c13-12(18)9-7-10(15)14(8-9)6-4-2-1-3-5-11(16)17/h9H,1-8H2,(H2,13,18)(H,16,17). The number of aliphatic carboxylic acids is 1. The van der Waals surface area contributed by atoms with E-state index in [1.165, 1.54) is 0 Å². The van der Waals surface area contributed by atoms with Gasteiger partial charge in [0.2, 0.25) is 11.8 Å². The van der Waals surface area contributed by atoms with Crippen LogP contribution < -0.4 is 5.73 Å². The fourth-order valence-electron chi connectivity index (χ4n) is 2.11. The van der Waals surface area contributed by atoms with Gasteiger partial charge in [-0.25, -0.2) is 0 Å². The van der Waals surface area contributed by atoms with Gasteiger partial charge in [0.05, 0.1) is 5.92 Å². The Morgan fingerprint density at radius 2 is 1.94 bits per heavy atom. The molecule has 6 heteroatoms. The quantitative estimate of drug-likeness (QED) is 0.612. The number of hydrogen-bond acceptors (Lipinski definition) is 3. The first-order chi connectivity index (χ1) is 8.50. The average molecular weight is 256 g/mol. The maximum atomic E-state index is 11.5. The third-order valence-corrected chi connectivity index (χ3v) is 3.19. The smallest absolute Gasteiger partial charge is 0.303 e. The highest BCUT2D eigenvalue weighted by Crippen LogP contribution is 2.18. The van der Waals surface area contributed by atoms with Crippen molar-refractivity contribution in [2.45, 2.75) is 38.5 Å². The molecule has 1 atom stereocenters. The molecule has 0 aromatic heterocycles. The number of amides is 2. The van der Waals surface area contributed by atoms with E-state index in [2.05, 4.69) is 0 Å². The molecular weight excluding hydrogens is 236 g/mol. The number of carbonyl (C=O) groups excluding carboxylic acids is 2. The van der Waals surface area contributed by atoms with Gasteiger partial charge in [-0.1, -0.05) is 12.8 Å². The summed E-state index contributed by atoms with van der Waals surface area (Å²) in [6.07, 6.45) is 3.71. The Kier molecular flexibility index (Phi) is 5.61. The lowest BCUT2D eigenvalue weighted by atomic mass is 10.1. The van der Waals surface area contributed by atoms with Crippen molar-refractivity contribution >= 4 is 17.8 Å². The van der Waals surface area contributed by atoms with Crippen LogP contribution >= 0.6 is 0 Å². The van der Waals surface area contributed by atoms with E-state index in [1.54, 1.807) is 4.90 Å². The minimum atomic E-state index is -0.769. The summed E-state index contributed by atoms with van der Waals surface area (Å²) in [6.45, 7) is 1.07. The second kappa shape index (κ2) is 6.98. The maximum Gasteiger partial charge on any atom is 0.303 e. The zero-order valence-electron chi connectivity index (χ0n) is 10.4. The van der Waals surface area contributed by atoms with E-state index in [1.807, 2.05) is 0 Å². The van der Waals surface area contributed by atoms with Crippen LogP contribution in [0.4, 0.5) is 0 Å². The maximum absolute atomic E-state index is 11.5. The van der Waals surface area contributed by atoms with Crippen molar-refractivity contribution in [3.05, 3.63) is 0 Å². The Morgan fingerprint density at radius 1 is 1.28 bits per heavy atom. The lowest BCUT2D eigenvalue weighted by Crippen LogP contribution is -2.29. The fraction of sp³-hybridized carbons (Fsp3) is 0.750. The van der Waals surface area contributed by atoms with Crippen LogP contribution in [-0.4, -0.2) is 40.9 Å². The zero-order valence-corrected chi connectivity index (χ0v) is 10.4. The van der Waals surface area contributed by atoms with Crippen molar-refractivity contribution in [3.8, 4) is 0 Å². The van der Waals surface area contributed by atoms with E-state index in [-0.39, 0.29) is 24.7 Å². The number of carboxylic acids is 1. The summed E-state index contributed by atoms with van der Waals surface area (Å²) in [7, 11) is 0. The van der Waals surface area contributed by atoms with Gasteiger partial charge in [-0.2, -0.15) is 0 Å². The predicted molar refractivity (Wildman–Crippen MR) is 64.6 cm³/mol. The van der Waals surface area contributed by atoms with Crippen LogP contribution in [0.5, 0.6) is 0 Å². The molecule has 2 amide bonds. The third-order valence-electron chi connectivity index (χ3n) is 3.19. The zero-order chi connectivity index (χ0) is 13.5. The summed E-state index contributed by atoms with van der Waals surface area (Å²) in [6, 6.07) is 0. The summed E-state index contributed by atoms with van der Waals surface area (Å²) in [5, 5.41) is 8.46. The van der Waals surface area contributed by atoms with Crippen molar-refractivity contribution in [2.75, 3.05) is 13.1 Å². The number of nitrogens with two attached hydrogens (primary N) is 1. The van der Waals surface area contributed by atoms with Crippen LogP contribution in [-0.2, 0) is 14.4 Å². The molecule has 1 aliphatic rings. The van der Waals surface area contributed by atoms with Gasteiger partial charge in [-0.05, 0) is 12.8 Å². The van der Waals surface area contributed by atoms with Gasteiger partial charge in [-0.3, -0.25) is 14.4 Å². The minimum absolute atomic E-state index is 0.00987. The van der Waals surface area contributed by atoms with Crippen molar-refractivity contribution in [1.82, 2.24) is 4.90 Å². The SMILES string of the molecule is NC(=O)C1CC(=O)N(CCCCCCC(=O)O)C1. The van der Waals surface area contributed by atoms with E-state index in [4.69, 9.17) is 10.8 Å². The summed E-state index contributed by atoms with van der Waals surface area (Å²) in [5.74, 6) is -1.53. The van der Waals surface area contributed by atoms with Gasteiger partial charge >= 0.3 is 5.97 Å². The van der Waals surface area contributed by atoms with Crippen molar-refractivity contribution in [1.29, 1.82) is 0 Å². The van der Waals surface area contributed by atoms with Crippen molar-refractivity contribution < 1.29 is 19.5 Å². The number of carboxylic acid groups (broad SMARTS) is 1. The summed E-state index contributed by atoms with van der Waals surface area (Å²) in [4.78, 5) is 34.5.